The molecule has 2 heterocycles. The number of carbonyl (C=O) groups is 2. The third kappa shape index (κ3) is 7.56. The molecule has 1 aliphatic rings. The van der Waals surface area contributed by atoms with E-state index in [9.17, 15) is 27.2 Å². The van der Waals surface area contributed by atoms with Gasteiger partial charge in [0.1, 0.15) is 17.7 Å². The predicted molar refractivity (Wildman–Crippen MR) is 123 cm³/mol. The Hall–Kier alpha value is -3.37. The lowest BCUT2D eigenvalue weighted by Gasteiger charge is -2.27. The molecule has 35 heavy (non-hydrogen) atoms. The quantitative estimate of drug-likeness (QED) is 0.571. The number of anilines is 1. The molecular formula is C24H29F4N5O2. The van der Waals surface area contributed by atoms with Gasteiger partial charge in [0.25, 0.3) is 0 Å². The maximum absolute atomic E-state index is 13.2. The molecule has 1 saturated heterocycles. The molecule has 0 spiro atoms. The normalized spacial score (nSPS) is 15.3. The zero-order valence-electron chi connectivity index (χ0n) is 19.4. The predicted octanol–water partition coefficient (Wildman–Crippen LogP) is 3.95. The number of hydrogen-bond donors (Lipinski definition) is 2. The van der Waals surface area contributed by atoms with Gasteiger partial charge in [-0.15, -0.1) is 0 Å². The van der Waals surface area contributed by atoms with E-state index >= 15 is 0 Å². The van der Waals surface area contributed by atoms with Gasteiger partial charge in [-0.2, -0.15) is 13.2 Å². The van der Waals surface area contributed by atoms with Gasteiger partial charge in [0.15, 0.2) is 0 Å². The highest BCUT2D eigenvalue weighted by Gasteiger charge is 2.31. The van der Waals surface area contributed by atoms with Crippen LogP contribution in [0.4, 0.5) is 28.2 Å². The molecule has 1 aromatic heterocycles. The van der Waals surface area contributed by atoms with Crippen molar-refractivity contribution in [2.45, 2.75) is 44.9 Å². The van der Waals surface area contributed by atoms with Crippen molar-refractivity contribution in [1.29, 1.82) is 0 Å². The summed E-state index contributed by atoms with van der Waals surface area (Å²) in [4.78, 5) is 33.0. The fourth-order valence-electron chi connectivity index (χ4n) is 3.87. The molecule has 3 rings (SSSR count). The van der Waals surface area contributed by atoms with Gasteiger partial charge in [-0.05, 0) is 42.7 Å². The third-order valence-electron chi connectivity index (χ3n) is 5.75. The van der Waals surface area contributed by atoms with Gasteiger partial charge in [0.05, 0.1) is 5.56 Å². The Labute approximate surface area is 201 Å². The minimum atomic E-state index is -4.44. The molecule has 2 aromatic rings. The van der Waals surface area contributed by atoms with Crippen molar-refractivity contribution in [2.75, 3.05) is 31.1 Å². The Morgan fingerprint density at radius 2 is 1.80 bits per heavy atom. The summed E-state index contributed by atoms with van der Waals surface area (Å²) in [6.45, 7) is 3.90. The van der Waals surface area contributed by atoms with Crippen LogP contribution in [0.3, 0.4) is 0 Å². The smallest absolute Gasteiger partial charge is 0.355 e. The van der Waals surface area contributed by atoms with Crippen LogP contribution in [0.25, 0.3) is 0 Å². The number of pyridine rings is 1. The number of nitrogens with zero attached hydrogens (tertiary/aromatic N) is 3. The van der Waals surface area contributed by atoms with Crippen molar-refractivity contribution in [3.05, 3.63) is 59.5 Å². The van der Waals surface area contributed by atoms with Crippen molar-refractivity contribution in [3.8, 4) is 0 Å². The summed E-state index contributed by atoms with van der Waals surface area (Å²) in [7, 11) is 0. The molecule has 11 heteroatoms. The molecule has 1 unspecified atom stereocenters. The molecule has 0 aliphatic carbocycles. The summed E-state index contributed by atoms with van der Waals surface area (Å²) in [5, 5.41) is 5.41. The summed E-state index contributed by atoms with van der Waals surface area (Å²) in [5.41, 5.74) is -0.0801. The molecule has 2 N–H and O–H groups in total. The number of benzene rings is 1. The molecule has 1 aromatic carbocycles. The number of amides is 3. The molecule has 3 amide bonds. The van der Waals surface area contributed by atoms with E-state index in [1.165, 1.54) is 18.2 Å². The van der Waals surface area contributed by atoms with E-state index in [1.54, 1.807) is 17.0 Å². The van der Waals surface area contributed by atoms with Crippen molar-refractivity contribution < 1.29 is 27.2 Å². The Morgan fingerprint density at radius 1 is 1.06 bits per heavy atom. The summed E-state index contributed by atoms with van der Waals surface area (Å²) in [6.07, 6.45) is -1.87. The minimum Gasteiger partial charge on any atom is -0.355 e. The Morgan fingerprint density at radius 3 is 2.43 bits per heavy atom. The molecular weight excluding hydrogens is 466 g/mol. The number of alkyl halides is 3. The van der Waals surface area contributed by atoms with Gasteiger partial charge >= 0.3 is 12.2 Å². The Bertz CT molecular complexity index is 983. The van der Waals surface area contributed by atoms with Crippen LogP contribution in [0.1, 0.15) is 37.3 Å². The van der Waals surface area contributed by atoms with Crippen LogP contribution in [-0.2, 0) is 17.5 Å². The SMILES string of the molecule is CCCC(NC(=O)NCc1ccc(F)cc1)C(=O)N1CCCN(c2ccc(C(F)(F)F)cn2)CC1. The van der Waals surface area contributed by atoms with Crippen LogP contribution in [0.5, 0.6) is 0 Å². The van der Waals surface area contributed by atoms with Gasteiger partial charge in [-0.1, -0.05) is 25.5 Å². The topological polar surface area (TPSA) is 77.6 Å². The largest absolute Gasteiger partial charge is 0.417 e. The monoisotopic (exact) mass is 495 g/mol. The Kier molecular flexibility index (Phi) is 8.89. The maximum Gasteiger partial charge on any atom is 0.417 e. The van der Waals surface area contributed by atoms with E-state index < -0.39 is 23.8 Å². The van der Waals surface area contributed by atoms with Gasteiger partial charge in [-0.25, -0.2) is 14.2 Å². The first kappa shape index (κ1) is 26.2. The zero-order valence-corrected chi connectivity index (χ0v) is 19.4. The van der Waals surface area contributed by atoms with Crippen LogP contribution < -0.4 is 15.5 Å². The first-order chi connectivity index (χ1) is 16.7. The lowest BCUT2D eigenvalue weighted by molar-refractivity contribution is -0.137. The highest BCUT2D eigenvalue weighted by molar-refractivity contribution is 5.87. The van der Waals surface area contributed by atoms with Crippen LogP contribution in [0.2, 0.25) is 0 Å². The zero-order chi connectivity index (χ0) is 25.4. The van der Waals surface area contributed by atoms with E-state index in [0.29, 0.717) is 51.3 Å². The minimum absolute atomic E-state index is 0.192. The average molecular weight is 496 g/mol. The van der Waals surface area contributed by atoms with Gasteiger partial charge < -0.3 is 20.4 Å². The molecule has 1 atom stereocenters. The second-order valence-electron chi connectivity index (χ2n) is 8.36. The van der Waals surface area contributed by atoms with Crippen molar-refractivity contribution >= 4 is 17.8 Å². The van der Waals surface area contributed by atoms with Crippen molar-refractivity contribution in [2.24, 2.45) is 0 Å². The fourth-order valence-corrected chi connectivity index (χ4v) is 3.87. The highest BCUT2D eigenvalue weighted by atomic mass is 19.4. The van der Waals surface area contributed by atoms with Crippen LogP contribution >= 0.6 is 0 Å². The summed E-state index contributed by atoms with van der Waals surface area (Å²) in [5.74, 6) is -0.140. The van der Waals surface area contributed by atoms with Crippen LogP contribution in [-0.4, -0.2) is 54.0 Å². The van der Waals surface area contributed by atoms with E-state index in [2.05, 4.69) is 15.6 Å². The van der Waals surface area contributed by atoms with Crippen LogP contribution in [0, 0.1) is 5.82 Å². The molecule has 0 radical (unpaired) electrons. The highest BCUT2D eigenvalue weighted by Crippen LogP contribution is 2.29. The number of aromatic nitrogens is 1. The molecule has 0 bridgehead atoms. The number of nitrogens with one attached hydrogen (secondary N) is 2. The molecule has 190 valence electrons. The molecule has 1 aliphatic heterocycles. The summed E-state index contributed by atoms with van der Waals surface area (Å²) >= 11 is 0. The standard InChI is InChI=1S/C24H29F4N5O2/c1-2-4-20(31-23(35)30-15-17-5-8-19(25)9-6-17)22(34)33-12-3-11-32(13-14-33)21-10-7-18(16-29-21)24(26,27)28/h5-10,16,20H,2-4,11-15H2,1H3,(H2,30,31,35). The second kappa shape index (κ2) is 11.9. The number of hydrogen-bond acceptors (Lipinski definition) is 4. The first-order valence-electron chi connectivity index (χ1n) is 11.5. The summed E-state index contributed by atoms with van der Waals surface area (Å²) in [6, 6.07) is 6.89. The number of halogens is 4. The van der Waals surface area contributed by atoms with Crippen LogP contribution in [0.15, 0.2) is 42.6 Å². The van der Waals surface area contributed by atoms with Gasteiger partial charge in [0.2, 0.25) is 5.91 Å². The third-order valence-corrected chi connectivity index (χ3v) is 5.75. The van der Waals surface area contributed by atoms with Gasteiger partial charge in [-0.3, -0.25) is 4.79 Å². The van der Waals surface area contributed by atoms with E-state index in [-0.39, 0.29) is 18.3 Å². The molecule has 0 saturated carbocycles. The van der Waals surface area contributed by atoms with E-state index in [0.717, 1.165) is 17.8 Å². The van der Waals surface area contributed by atoms with Crippen molar-refractivity contribution in [3.63, 3.8) is 0 Å². The Balaban J connectivity index is 1.55. The first-order valence-corrected chi connectivity index (χ1v) is 11.5. The van der Waals surface area contributed by atoms with E-state index in [4.69, 9.17) is 0 Å². The number of urea groups is 1. The van der Waals surface area contributed by atoms with E-state index in [1.807, 2.05) is 11.8 Å². The average Bonchev–Trinajstić information content (AvgIpc) is 3.09. The second-order valence-corrected chi connectivity index (χ2v) is 8.36. The van der Waals surface area contributed by atoms with Crippen molar-refractivity contribution in [1.82, 2.24) is 20.5 Å². The lowest BCUT2D eigenvalue weighted by Crippen LogP contribution is -2.51. The number of rotatable bonds is 7. The maximum atomic E-state index is 13.2. The summed E-state index contributed by atoms with van der Waals surface area (Å²) < 4.78 is 51.4. The molecule has 7 nitrogen and oxygen atoms in total. The molecule has 1 fully saturated rings. The van der Waals surface area contributed by atoms with Gasteiger partial charge in [0, 0.05) is 38.9 Å². The lowest BCUT2D eigenvalue weighted by atomic mass is 10.1. The number of carbonyl (C=O) groups excluding carboxylic acids is 2. The fraction of sp³-hybridized carbons (Fsp3) is 0.458.